The second-order valence-corrected chi connectivity index (χ2v) is 6.51. The molecule has 3 heterocycles. The number of benzene rings is 1. The number of carbonyl (C=O) groups is 1. The Balaban J connectivity index is 1.33. The minimum atomic E-state index is -4.46. The first-order chi connectivity index (χ1) is 13.8. The van der Waals surface area contributed by atoms with Crippen molar-refractivity contribution in [3.63, 3.8) is 0 Å². The molecule has 1 aromatic carbocycles. The van der Waals surface area contributed by atoms with Gasteiger partial charge in [-0.3, -0.25) is 9.89 Å². The van der Waals surface area contributed by atoms with Gasteiger partial charge in [0.05, 0.1) is 24.3 Å². The molecule has 0 atom stereocenters. The normalized spacial score (nSPS) is 14.6. The van der Waals surface area contributed by atoms with Crippen molar-refractivity contribution in [2.24, 2.45) is 0 Å². The van der Waals surface area contributed by atoms with Crippen molar-refractivity contribution in [3.05, 3.63) is 65.7 Å². The molecule has 0 spiro atoms. The second kappa shape index (κ2) is 7.19. The van der Waals surface area contributed by atoms with E-state index in [9.17, 15) is 22.4 Å². The van der Waals surface area contributed by atoms with Gasteiger partial charge in [-0.15, -0.1) is 0 Å². The Hall–Kier alpha value is -3.43. The Morgan fingerprint density at radius 1 is 1.14 bits per heavy atom. The van der Waals surface area contributed by atoms with Gasteiger partial charge in [0, 0.05) is 17.8 Å². The summed E-state index contributed by atoms with van der Waals surface area (Å²) in [6.07, 6.45) is -4.11. The molecule has 150 valence electrons. The highest BCUT2D eigenvalue weighted by atomic mass is 19.4. The lowest BCUT2D eigenvalue weighted by atomic mass is 10.1. The van der Waals surface area contributed by atoms with Crippen LogP contribution in [0.3, 0.4) is 0 Å². The lowest BCUT2D eigenvalue weighted by molar-refractivity contribution is -0.137. The van der Waals surface area contributed by atoms with E-state index in [1.807, 2.05) is 0 Å². The van der Waals surface area contributed by atoms with Gasteiger partial charge < -0.3 is 9.64 Å². The maximum absolute atomic E-state index is 13.0. The van der Waals surface area contributed by atoms with E-state index in [4.69, 9.17) is 4.74 Å². The second-order valence-electron chi connectivity index (χ2n) is 6.51. The van der Waals surface area contributed by atoms with E-state index in [2.05, 4.69) is 15.2 Å². The van der Waals surface area contributed by atoms with Crippen molar-refractivity contribution in [3.8, 4) is 17.1 Å². The predicted molar refractivity (Wildman–Crippen MR) is 93.5 cm³/mol. The predicted octanol–water partition coefficient (Wildman–Crippen LogP) is 3.53. The van der Waals surface area contributed by atoms with Crippen molar-refractivity contribution in [1.29, 1.82) is 0 Å². The van der Waals surface area contributed by atoms with Crippen LogP contribution in [0.2, 0.25) is 0 Å². The maximum Gasteiger partial charge on any atom is 0.417 e. The largest absolute Gasteiger partial charge is 0.471 e. The van der Waals surface area contributed by atoms with Crippen LogP contribution in [0.15, 0.2) is 48.7 Å². The number of alkyl halides is 3. The molecular formula is C19H14F4N4O2. The first-order valence-corrected chi connectivity index (χ1v) is 8.60. The quantitative estimate of drug-likeness (QED) is 0.673. The standard InChI is InChI=1S/C19H14F4N4O2/c20-13-4-1-11(2-5-13)15-7-16(26-25-15)18(28)27-9-14(10-27)29-17-6-3-12(8-24-17)19(21,22)23/h1-8,14H,9-10H2,(H,25,26). The molecule has 1 aliphatic heterocycles. The zero-order chi connectivity index (χ0) is 20.6. The number of amides is 1. The van der Waals surface area contributed by atoms with Crippen LogP contribution in [0.1, 0.15) is 16.1 Å². The average molecular weight is 406 g/mol. The van der Waals surface area contributed by atoms with Crippen LogP contribution in [0.25, 0.3) is 11.3 Å². The summed E-state index contributed by atoms with van der Waals surface area (Å²) >= 11 is 0. The molecule has 0 aliphatic carbocycles. The summed E-state index contributed by atoms with van der Waals surface area (Å²) in [6, 6.07) is 9.34. The van der Waals surface area contributed by atoms with Gasteiger partial charge in [0.15, 0.2) is 0 Å². The van der Waals surface area contributed by atoms with Crippen LogP contribution in [0.4, 0.5) is 17.6 Å². The fourth-order valence-electron chi connectivity index (χ4n) is 2.84. The van der Waals surface area contributed by atoms with Gasteiger partial charge in [0.2, 0.25) is 5.88 Å². The molecule has 1 saturated heterocycles. The van der Waals surface area contributed by atoms with Crippen LogP contribution in [-0.2, 0) is 6.18 Å². The van der Waals surface area contributed by atoms with Gasteiger partial charge in [-0.05, 0) is 36.4 Å². The van der Waals surface area contributed by atoms with E-state index < -0.39 is 11.7 Å². The molecule has 10 heteroatoms. The molecule has 29 heavy (non-hydrogen) atoms. The zero-order valence-corrected chi connectivity index (χ0v) is 14.8. The summed E-state index contributed by atoms with van der Waals surface area (Å²) in [7, 11) is 0. The number of halogens is 4. The summed E-state index contributed by atoms with van der Waals surface area (Å²) in [5, 5.41) is 6.72. The first kappa shape index (κ1) is 18.9. The van der Waals surface area contributed by atoms with Gasteiger partial charge >= 0.3 is 6.18 Å². The molecule has 3 aromatic rings. The topological polar surface area (TPSA) is 71.1 Å². The third-order valence-corrected chi connectivity index (χ3v) is 4.43. The van der Waals surface area contributed by atoms with Crippen LogP contribution in [0.5, 0.6) is 5.88 Å². The Kier molecular flexibility index (Phi) is 4.69. The minimum Gasteiger partial charge on any atom is -0.471 e. The Bertz CT molecular complexity index is 1010. The number of nitrogens with one attached hydrogen (secondary N) is 1. The minimum absolute atomic E-state index is 0.0650. The number of carbonyl (C=O) groups excluding carboxylic acids is 1. The summed E-state index contributed by atoms with van der Waals surface area (Å²) in [4.78, 5) is 17.6. The van der Waals surface area contributed by atoms with Crippen LogP contribution in [-0.4, -0.2) is 45.2 Å². The van der Waals surface area contributed by atoms with Gasteiger partial charge in [-0.2, -0.15) is 18.3 Å². The van der Waals surface area contributed by atoms with Gasteiger partial charge in [-0.25, -0.2) is 9.37 Å². The lowest BCUT2D eigenvalue weighted by Gasteiger charge is -2.38. The van der Waals surface area contributed by atoms with Gasteiger partial charge in [-0.1, -0.05) is 0 Å². The number of ether oxygens (including phenoxy) is 1. The number of hydrogen-bond acceptors (Lipinski definition) is 4. The highest BCUT2D eigenvalue weighted by molar-refractivity contribution is 5.94. The summed E-state index contributed by atoms with van der Waals surface area (Å²) in [5.41, 5.74) is 0.595. The zero-order valence-electron chi connectivity index (χ0n) is 14.8. The molecule has 2 aromatic heterocycles. The summed E-state index contributed by atoms with van der Waals surface area (Å²) in [5.74, 6) is -0.587. The van der Waals surface area contributed by atoms with E-state index in [-0.39, 0.29) is 42.5 Å². The molecule has 1 aliphatic rings. The molecule has 0 saturated carbocycles. The third kappa shape index (κ3) is 4.05. The fourth-order valence-corrected chi connectivity index (χ4v) is 2.84. The highest BCUT2D eigenvalue weighted by Crippen LogP contribution is 2.29. The number of H-pyrrole nitrogens is 1. The molecule has 0 unspecified atom stereocenters. The number of likely N-dealkylation sites (tertiary alicyclic amines) is 1. The molecule has 0 bridgehead atoms. The number of pyridine rings is 1. The number of nitrogens with zero attached hydrogens (tertiary/aromatic N) is 3. The lowest BCUT2D eigenvalue weighted by Crippen LogP contribution is -2.56. The Labute approximate surface area is 162 Å². The van der Waals surface area contributed by atoms with Crippen LogP contribution in [0, 0.1) is 5.82 Å². The van der Waals surface area contributed by atoms with Crippen LogP contribution < -0.4 is 4.74 Å². The van der Waals surface area contributed by atoms with E-state index in [0.29, 0.717) is 17.5 Å². The van der Waals surface area contributed by atoms with E-state index in [1.165, 1.54) is 17.0 Å². The van der Waals surface area contributed by atoms with Crippen molar-refractivity contribution in [1.82, 2.24) is 20.1 Å². The number of hydrogen-bond donors (Lipinski definition) is 1. The summed E-state index contributed by atoms with van der Waals surface area (Å²) in [6.45, 7) is 0.541. The SMILES string of the molecule is O=C(c1cc(-c2ccc(F)cc2)n[nH]1)N1CC(Oc2ccc(C(F)(F)F)cn2)C1. The van der Waals surface area contributed by atoms with Crippen molar-refractivity contribution < 1.29 is 27.1 Å². The Morgan fingerprint density at radius 2 is 1.86 bits per heavy atom. The number of aromatic nitrogens is 3. The smallest absolute Gasteiger partial charge is 0.417 e. The molecule has 4 rings (SSSR count). The number of aromatic amines is 1. The molecule has 1 amide bonds. The molecular weight excluding hydrogens is 392 g/mol. The van der Waals surface area contributed by atoms with Gasteiger partial charge in [0.25, 0.3) is 5.91 Å². The van der Waals surface area contributed by atoms with E-state index in [1.54, 1.807) is 18.2 Å². The summed E-state index contributed by atoms with van der Waals surface area (Å²) < 4.78 is 56.1. The van der Waals surface area contributed by atoms with Crippen molar-refractivity contribution in [2.75, 3.05) is 13.1 Å². The number of rotatable bonds is 4. The van der Waals surface area contributed by atoms with E-state index >= 15 is 0 Å². The monoisotopic (exact) mass is 406 g/mol. The Morgan fingerprint density at radius 3 is 2.48 bits per heavy atom. The first-order valence-electron chi connectivity index (χ1n) is 8.60. The molecule has 1 fully saturated rings. The van der Waals surface area contributed by atoms with Crippen molar-refractivity contribution in [2.45, 2.75) is 12.3 Å². The maximum atomic E-state index is 13.0. The van der Waals surface area contributed by atoms with Crippen molar-refractivity contribution >= 4 is 5.91 Å². The third-order valence-electron chi connectivity index (χ3n) is 4.43. The van der Waals surface area contributed by atoms with E-state index in [0.717, 1.165) is 12.1 Å². The highest BCUT2D eigenvalue weighted by Gasteiger charge is 2.34. The fraction of sp³-hybridized carbons (Fsp3) is 0.211. The van der Waals surface area contributed by atoms with Crippen LogP contribution >= 0.6 is 0 Å². The molecule has 0 radical (unpaired) electrons. The average Bonchev–Trinajstić information content (AvgIpc) is 3.14. The van der Waals surface area contributed by atoms with Gasteiger partial charge in [0.1, 0.15) is 17.6 Å². The molecule has 6 nitrogen and oxygen atoms in total. The molecule has 1 N–H and O–H groups in total.